The molecule has 0 saturated carbocycles. The second-order valence-electron chi connectivity index (χ2n) is 7.24. The average Bonchev–Trinajstić information content (AvgIpc) is 2.62. The second kappa shape index (κ2) is 13.9. The Hall–Kier alpha value is -2.28. The summed E-state index contributed by atoms with van der Waals surface area (Å²) >= 11 is 0. The SMILES string of the molecule is CCNC(=O)CN1CCN(CC(=O)O)CCN(CC(=O)O)CCN(CC(=O)O)CC1. The first kappa shape index (κ1) is 25.8. The van der Waals surface area contributed by atoms with Gasteiger partial charge < -0.3 is 20.6 Å². The van der Waals surface area contributed by atoms with E-state index in [0.29, 0.717) is 58.9 Å². The largest absolute Gasteiger partial charge is 0.480 e. The van der Waals surface area contributed by atoms with Gasteiger partial charge in [0.05, 0.1) is 26.2 Å². The lowest BCUT2D eigenvalue weighted by Gasteiger charge is -2.32. The van der Waals surface area contributed by atoms with Crippen LogP contribution in [0.15, 0.2) is 0 Å². The van der Waals surface area contributed by atoms with Crippen molar-refractivity contribution < 1.29 is 34.5 Å². The van der Waals surface area contributed by atoms with Crippen LogP contribution in [0.4, 0.5) is 0 Å². The molecule has 1 aliphatic rings. The number of amides is 1. The molecule has 1 rings (SSSR count). The Kier molecular flexibility index (Phi) is 11.9. The van der Waals surface area contributed by atoms with Crippen molar-refractivity contribution in [3.8, 4) is 0 Å². The van der Waals surface area contributed by atoms with Gasteiger partial charge in [0.15, 0.2) is 0 Å². The zero-order valence-corrected chi connectivity index (χ0v) is 17.5. The highest BCUT2D eigenvalue weighted by molar-refractivity contribution is 5.77. The maximum atomic E-state index is 12.0. The summed E-state index contributed by atoms with van der Waals surface area (Å²) < 4.78 is 0. The van der Waals surface area contributed by atoms with Crippen LogP contribution in [0.2, 0.25) is 0 Å². The number of carboxylic acid groups (broad SMARTS) is 3. The molecule has 1 aliphatic heterocycles. The summed E-state index contributed by atoms with van der Waals surface area (Å²) in [4.78, 5) is 52.6. The third-order valence-corrected chi connectivity index (χ3v) is 4.75. The molecule has 1 amide bonds. The highest BCUT2D eigenvalue weighted by Gasteiger charge is 2.20. The van der Waals surface area contributed by atoms with Gasteiger partial charge in [-0.05, 0) is 6.92 Å². The van der Waals surface area contributed by atoms with E-state index in [1.165, 1.54) is 0 Å². The molecule has 0 bridgehead atoms. The van der Waals surface area contributed by atoms with Crippen molar-refractivity contribution in [1.82, 2.24) is 24.9 Å². The number of carboxylic acids is 3. The van der Waals surface area contributed by atoms with E-state index < -0.39 is 17.9 Å². The minimum absolute atomic E-state index is 0.140. The minimum atomic E-state index is -0.996. The molecule has 12 nitrogen and oxygen atoms in total. The van der Waals surface area contributed by atoms with Gasteiger partial charge in [-0.15, -0.1) is 0 Å². The number of rotatable bonds is 9. The Balaban J connectivity index is 2.92. The molecule has 1 fully saturated rings. The van der Waals surface area contributed by atoms with E-state index in [0.717, 1.165) is 0 Å². The first-order valence-electron chi connectivity index (χ1n) is 10.0. The van der Waals surface area contributed by atoms with E-state index >= 15 is 0 Å². The van der Waals surface area contributed by atoms with Crippen LogP contribution in [0.1, 0.15) is 6.92 Å². The van der Waals surface area contributed by atoms with Crippen LogP contribution >= 0.6 is 0 Å². The second-order valence-corrected chi connectivity index (χ2v) is 7.24. The van der Waals surface area contributed by atoms with Crippen LogP contribution < -0.4 is 5.32 Å². The number of nitrogens with one attached hydrogen (secondary N) is 1. The minimum Gasteiger partial charge on any atom is -0.480 e. The smallest absolute Gasteiger partial charge is 0.317 e. The van der Waals surface area contributed by atoms with Crippen molar-refractivity contribution in [2.24, 2.45) is 0 Å². The molecule has 0 aliphatic carbocycles. The first-order valence-corrected chi connectivity index (χ1v) is 10.0. The van der Waals surface area contributed by atoms with E-state index in [1.54, 1.807) is 14.7 Å². The Morgan fingerprint density at radius 3 is 1.10 bits per heavy atom. The van der Waals surface area contributed by atoms with Crippen LogP contribution in [0.3, 0.4) is 0 Å². The van der Waals surface area contributed by atoms with Gasteiger partial charge >= 0.3 is 17.9 Å². The Labute approximate surface area is 176 Å². The zero-order valence-electron chi connectivity index (χ0n) is 17.5. The van der Waals surface area contributed by atoms with Crippen molar-refractivity contribution in [1.29, 1.82) is 0 Å². The fourth-order valence-corrected chi connectivity index (χ4v) is 3.24. The molecular weight excluding hydrogens is 398 g/mol. The van der Waals surface area contributed by atoms with Crippen molar-refractivity contribution in [3.63, 3.8) is 0 Å². The number of carbonyl (C=O) groups is 4. The Morgan fingerprint density at radius 1 is 0.600 bits per heavy atom. The topological polar surface area (TPSA) is 154 Å². The Morgan fingerprint density at radius 2 is 0.867 bits per heavy atom. The van der Waals surface area contributed by atoms with Crippen LogP contribution in [0.5, 0.6) is 0 Å². The normalized spacial score (nSPS) is 18.8. The number of hydrogen-bond acceptors (Lipinski definition) is 8. The van der Waals surface area contributed by atoms with Gasteiger partial charge in [0.2, 0.25) is 5.91 Å². The first-order chi connectivity index (χ1) is 14.2. The highest BCUT2D eigenvalue weighted by Crippen LogP contribution is 2.01. The summed E-state index contributed by atoms with van der Waals surface area (Å²) in [5.41, 5.74) is 0. The number of carbonyl (C=O) groups excluding carboxylic acids is 1. The van der Waals surface area contributed by atoms with Crippen LogP contribution in [-0.4, -0.2) is 144 Å². The summed E-state index contributed by atoms with van der Waals surface area (Å²) in [6.07, 6.45) is 0. The predicted octanol–water partition coefficient (Wildman–Crippen LogP) is -2.40. The van der Waals surface area contributed by atoms with E-state index in [4.69, 9.17) is 5.11 Å². The van der Waals surface area contributed by atoms with Gasteiger partial charge in [0.1, 0.15) is 0 Å². The van der Waals surface area contributed by atoms with E-state index in [-0.39, 0.29) is 32.1 Å². The lowest BCUT2D eigenvalue weighted by atomic mass is 10.3. The van der Waals surface area contributed by atoms with Gasteiger partial charge in [-0.25, -0.2) is 0 Å². The zero-order chi connectivity index (χ0) is 22.5. The van der Waals surface area contributed by atoms with E-state index in [9.17, 15) is 29.4 Å². The van der Waals surface area contributed by atoms with Crippen molar-refractivity contribution in [2.75, 3.05) is 85.1 Å². The third kappa shape index (κ3) is 11.7. The standard InChI is InChI=1S/C18H33N5O7/c1-2-19-15(24)11-20-3-5-21(12-16(25)26)7-9-23(14-18(29)30)10-8-22(6-4-20)13-17(27)28/h2-14H2,1H3,(H,19,24)(H,25,26)(H,27,28)(H,29,30). The molecule has 0 unspecified atom stereocenters. The van der Waals surface area contributed by atoms with Crippen LogP contribution in [-0.2, 0) is 19.2 Å². The lowest BCUT2D eigenvalue weighted by Crippen LogP contribution is -2.49. The number of nitrogens with zero attached hydrogens (tertiary/aromatic N) is 4. The third-order valence-electron chi connectivity index (χ3n) is 4.75. The number of aliphatic carboxylic acids is 3. The molecular formula is C18H33N5O7. The van der Waals surface area contributed by atoms with Gasteiger partial charge in [0, 0.05) is 58.9 Å². The summed E-state index contributed by atoms with van der Waals surface area (Å²) in [6.45, 7) is 4.96. The fourth-order valence-electron chi connectivity index (χ4n) is 3.24. The molecule has 172 valence electrons. The molecule has 0 aromatic rings. The van der Waals surface area contributed by atoms with E-state index in [1.807, 2.05) is 11.8 Å². The van der Waals surface area contributed by atoms with Crippen molar-refractivity contribution in [3.05, 3.63) is 0 Å². The van der Waals surface area contributed by atoms with Gasteiger partial charge in [-0.1, -0.05) is 0 Å². The van der Waals surface area contributed by atoms with Crippen LogP contribution in [0, 0.1) is 0 Å². The molecule has 30 heavy (non-hydrogen) atoms. The lowest BCUT2D eigenvalue weighted by molar-refractivity contribution is -0.140. The van der Waals surface area contributed by atoms with Gasteiger partial charge in [0.25, 0.3) is 0 Å². The molecule has 0 aromatic heterocycles. The number of likely N-dealkylation sites (N-methyl/N-ethyl adjacent to an activating group) is 1. The maximum absolute atomic E-state index is 12.0. The number of hydrogen-bond donors (Lipinski definition) is 4. The quantitative estimate of drug-likeness (QED) is 0.309. The molecule has 0 radical (unpaired) electrons. The van der Waals surface area contributed by atoms with Gasteiger partial charge in [-0.2, -0.15) is 0 Å². The van der Waals surface area contributed by atoms with Crippen molar-refractivity contribution in [2.45, 2.75) is 6.92 Å². The Bertz CT molecular complexity index is 557. The predicted molar refractivity (Wildman–Crippen MR) is 107 cm³/mol. The molecule has 1 saturated heterocycles. The average molecular weight is 431 g/mol. The summed E-state index contributed by atoms with van der Waals surface area (Å²) in [7, 11) is 0. The summed E-state index contributed by atoms with van der Waals surface area (Å²) in [5, 5.41) is 30.2. The van der Waals surface area contributed by atoms with E-state index in [2.05, 4.69) is 5.32 Å². The fraction of sp³-hybridized carbons (Fsp3) is 0.778. The molecule has 12 heteroatoms. The summed E-state index contributed by atoms with van der Waals surface area (Å²) in [5.74, 6) is -3.10. The monoisotopic (exact) mass is 431 g/mol. The molecule has 1 heterocycles. The molecule has 4 N–H and O–H groups in total. The summed E-state index contributed by atoms with van der Waals surface area (Å²) in [6, 6.07) is 0. The van der Waals surface area contributed by atoms with Crippen LogP contribution in [0.25, 0.3) is 0 Å². The molecule has 0 atom stereocenters. The maximum Gasteiger partial charge on any atom is 0.317 e. The molecule has 0 aromatic carbocycles. The molecule has 0 spiro atoms. The highest BCUT2D eigenvalue weighted by atomic mass is 16.4. The van der Waals surface area contributed by atoms with Gasteiger partial charge in [-0.3, -0.25) is 38.8 Å². The van der Waals surface area contributed by atoms with Crippen molar-refractivity contribution >= 4 is 23.8 Å².